The summed E-state index contributed by atoms with van der Waals surface area (Å²) in [7, 11) is -1.64. The summed E-state index contributed by atoms with van der Waals surface area (Å²) in [6.45, 7) is 13.7. The lowest BCUT2D eigenvalue weighted by Gasteiger charge is -2.41. The van der Waals surface area contributed by atoms with Gasteiger partial charge in [0.1, 0.15) is 0 Å². The highest BCUT2D eigenvalue weighted by molar-refractivity contribution is 9.10. The van der Waals surface area contributed by atoms with Crippen LogP contribution in [0.25, 0.3) is 0 Å². The molecule has 1 aliphatic rings. The molecule has 1 aromatic rings. The average molecular weight is 374 g/mol. The zero-order valence-electron chi connectivity index (χ0n) is 14.1. The molecule has 120 valence electrons. The van der Waals surface area contributed by atoms with Gasteiger partial charge in [-0.15, -0.1) is 5.10 Å². The fraction of sp³-hybridized carbons (Fsp3) is 0.867. The van der Waals surface area contributed by atoms with E-state index in [0.29, 0.717) is 12.1 Å². The topological polar surface area (TPSA) is 39.9 Å². The molecule has 0 bridgehead atoms. The van der Waals surface area contributed by atoms with Crippen LogP contribution in [0.15, 0.2) is 4.60 Å². The van der Waals surface area contributed by atoms with Crippen LogP contribution in [0.2, 0.25) is 18.1 Å². The number of hydrogen-bond acceptors (Lipinski definition) is 3. The highest BCUT2D eigenvalue weighted by atomic mass is 79.9. The average Bonchev–Trinajstić information content (AvgIpc) is 2.69. The Morgan fingerprint density at radius 3 is 2.19 bits per heavy atom. The number of nitrogens with zero attached hydrogens (tertiary/aromatic N) is 3. The van der Waals surface area contributed by atoms with E-state index in [1.54, 1.807) is 0 Å². The summed E-state index contributed by atoms with van der Waals surface area (Å²) in [6.07, 6.45) is 4.96. The van der Waals surface area contributed by atoms with E-state index < -0.39 is 8.32 Å². The Labute approximate surface area is 137 Å². The molecule has 1 saturated carbocycles. The van der Waals surface area contributed by atoms with Gasteiger partial charge in [0.15, 0.2) is 12.9 Å². The monoisotopic (exact) mass is 373 g/mol. The van der Waals surface area contributed by atoms with Gasteiger partial charge in [0.25, 0.3) is 0 Å². The van der Waals surface area contributed by atoms with Gasteiger partial charge in [-0.05, 0) is 66.7 Å². The molecule has 21 heavy (non-hydrogen) atoms. The van der Waals surface area contributed by atoms with Crippen molar-refractivity contribution in [3.8, 4) is 0 Å². The third kappa shape index (κ3) is 3.77. The fourth-order valence-corrected chi connectivity index (χ4v) is 4.34. The molecule has 0 N–H and O–H groups in total. The summed E-state index contributed by atoms with van der Waals surface area (Å²) in [5.74, 6) is 0. The second-order valence-corrected chi connectivity index (χ2v) is 13.2. The molecular weight excluding hydrogens is 346 g/mol. The zero-order valence-corrected chi connectivity index (χ0v) is 16.7. The van der Waals surface area contributed by atoms with Crippen LogP contribution in [0.4, 0.5) is 0 Å². The van der Waals surface area contributed by atoms with Gasteiger partial charge in [-0.2, -0.15) is 0 Å². The molecule has 0 saturated heterocycles. The van der Waals surface area contributed by atoms with Crippen LogP contribution >= 0.6 is 15.9 Å². The van der Waals surface area contributed by atoms with E-state index >= 15 is 0 Å². The predicted octanol–water partition coefficient (Wildman–Crippen LogP) is 4.85. The summed E-state index contributed by atoms with van der Waals surface area (Å²) < 4.78 is 9.49. The number of hydrogen-bond donors (Lipinski definition) is 0. The highest BCUT2D eigenvalue weighted by Gasteiger charge is 2.40. The summed E-state index contributed by atoms with van der Waals surface area (Å²) in [5.41, 5.74) is 1.13. The molecule has 0 unspecified atom stereocenters. The van der Waals surface area contributed by atoms with E-state index in [2.05, 4.69) is 71.7 Å². The van der Waals surface area contributed by atoms with Gasteiger partial charge in [0, 0.05) is 6.10 Å². The van der Waals surface area contributed by atoms with Crippen molar-refractivity contribution in [3.05, 3.63) is 10.3 Å². The largest absolute Gasteiger partial charge is 0.414 e. The minimum Gasteiger partial charge on any atom is -0.414 e. The smallest absolute Gasteiger partial charge is 0.192 e. The van der Waals surface area contributed by atoms with Crippen molar-refractivity contribution in [1.82, 2.24) is 15.0 Å². The predicted molar refractivity (Wildman–Crippen MR) is 92.0 cm³/mol. The molecule has 1 aliphatic carbocycles. The van der Waals surface area contributed by atoms with E-state index in [4.69, 9.17) is 4.43 Å². The lowest BCUT2D eigenvalue weighted by molar-refractivity contribution is 0.114. The Hall–Kier alpha value is -0.203. The van der Waals surface area contributed by atoms with E-state index in [9.17, 15) is 0 Å². The third-order valence-electron chi connectivity index (χ3n) is 5.13. The SMILES string of the molecule is Cc1c(Br)nnn1C1CCC(O[Si](C)(C)C(C)(C)C)CC1. The quantitative estimate of drug-likeness (QED) is 0.710. The Morgan fingerprint density at radius 1 is 1.19 bits per heavy atom. The van der Waals surface area contributed by atoms with Crippen molar-refractivity contribution < 1.29 is 4.43 Å². The molecule has 0 spiro atoms. The Kier molecular flexibility index (Phi) is 5.00. The van der Waals surface area contributed by atoms with E-state index in [-0.39, 0.29) is 5.04 Å². The minimum atomic E-state index is -1.64. The first kappa shape index (κ1) is 17.2. The van der Waals surface area contributed by atoms with Crippen LogP contribution in [0.5, 0.6) is 0 Å². The van der Waals surface area contributed by atoms with Gasteiger partial charge in [-0.1, -0.05) is 26.0 Å². The summed E-state index contributed by atoms with van der Waals surface area (Å²) >= 11 is 3.44. The van der Waals surface area contributed by atoms with Gasteiger partial charge in [-0.3, -0.25) is 0 Å². The molecule has 0 aliphatic heterocycles. The summed E-state index contributed by atoms with van der Waals surface area (Å²) in [4.78, 5) is 0. The lowest BCUT2D eigenvalue weighted by atomic mass is 9.93. The Bertz CT molecular complexity index is 488. The number of halogens is 1. The summed E-state index contributed by atoms with van der Waals surface area (Å²) in [5, 5.41) is 8.66. The van der Waals surface area contributed by atoms with Gasteiger partial charge in [-0.25, -0.2) is 4.68 Å². The Morgan fingerprint density at radius 2 is 1.76 bits per heavy atom. The number of aromatic nitrogens is 3. The van der Waals surface area contributed by atoms with Crippen molar-refractivity contribution >= 4 is 24.2 Å². The molecule has 2 rings (SSSR count). The normalized spacial score (nSPS) is 24.3. The minimum absolute atomic E-state index is 0.289. The van der Waals surface area contributed by atoms with Crippen LogP contribution < -0.4 is 0 Å². The van der Waals surface area contributed by atoms with Crippen molar-refractivity contribution in [2.45, 2.75) is 83.7 Å². The van der Waals surface area contributed by atoms with Gasteiger partial charge in [0.2, 0.25) is 0 Å². The third-order valence-corrected chi connectivity index (χ3v) is 10.4. The van der Waals surface area contributed by atoms with Crippen LogP contribution in [-0.4, -0.2) is 29.4 Å². The van der Waals surface area contributed by atoms with Crippen LogP contribution in [0.3, 0.4) is 0 Å². The highest BCUT2D eigenvalue weighted by Crippen LogP contribution is 2.40. The number of rotatable bonds is 3. The fourth-order valence-electron chi connectivity index (χ4n) is 2.67. The van der Waals surface area contributed by atoms with E-state index in [0.717, 1.165) is 36.0 Å². The first-order valence-corrected chi connectivity index (χ1v) is 11.6. The molecule has 4 nitrogen and oxygen atoms in total. The maximum Gasteiger partial charge on any atom is 0.192 e. The van der Waals surface area contributed by atoms with Gasteiger partial charge in [0.05, 0.1) is 11.7 Å². The molecule has 0 aromatic carbocycles. The molecule has 1 fully saturated rings. The van der Waals surface area contributed by atoms with Crippen LogP contribution in [0.1, 0.15) is 58.2 Å². The molecular formula is C15H28BrN3OSi. The summed E-state index contributed by atoms with van der Waals surface area (Å²) in [6, 6.07) is 0.475. The first-order chi connectivity index (χ1) is 9.62. The zero-order chi connectivity index (χ0) is 15.8. The van der Waals surface area contributed by atoms with Gasteiger partial charge < -0.3 is 4.43 Å². The first-order valence-electron chi connectivity index (χ1n) is 7.87. The van der Waals surface area contributed by atoms with Gasteiger partial charge >= 0.3 is 0 Å². The van der Waals surface area contributed by atoms with Crippen molar-refractivity contribution in [2.24, 2.45) is 0 Å². The molecule has 0 amide bonds. The lowest BCUT2D eigenvalue weighted by Crippen LogP contribution is -2.44. The molecule has 0 radical (unpaired) electrons. The van der Waals surface area contributed by atoms with Crippen molar-refractivity contribution in [2.75, 3.05) is 0 Å². The maximum atomic E-state index is 6.55. The standard InChI is InChI=1S/C15H28BrN3OSi/c1-11-14(16)17-18-19(11)12-7-9-13(10-8-12)20-21(5,6)15(2,3)4/h12-13H,7-10H2,1-6H3. The molecule has 1 heterocycles. The molecule has 6 heteroatoms. The van der Waals surface area contributed by atoms with Crippen LogP contribution in [-0.2, 0) is 4.43 Å². The second kappa shape index (κ2) is 6.12. The van der Waals surface area contributed by atoms with Crippen molar-refractivity contribution in [1.29, 1.82) is 0 Å². The van der Waals surface area contributed by atoms with Crippen molar-refractivity contribution in [3.63, 3.8) is 0 Å². The second-order valence-electron chi connectivity index (χ2n) is 7.72. The van der Waals surface area contributed by atoms with Crippen LogP contribution in [0, 0.1) is 6.92 Å². The van der Waals surface area contributed by atoms with E-state index in [1.165, 1.54) is 0 Å². The Balaban J connectivity index is 1.94. The molecule has 0 atom stereocenters. The van der Waals surface area contributed by atoms with E-state index in [1.807, 2.05) is 0 Å². The maximum absolute atomic E-state index is 6.55. The molecule has 1 aromatic heterocycles.